The second-order valence-electron chi connectivity index (χ2n) is 4.58. The minimum atomic E-state index is -3.13. The number of para-hydroxylation sites is 1. The maximum absolute atomic E-state index is 11.0. The fourth-order valence-corrected chi connectivity index (χ4v) is 2.55. The summed E-state index contributed by atoms with van der Waals surface area (Å²) in [5.74, 6) is 0.462. The number of nitrogens with zero attached hydrogens (tertiary/aromatic N) is 2. The number of sulfonamides is 1. The van der Waals surface area contributed by atoms with Crippen LogP contribution in [-0.2, 0) is 16.6 Å². The SMILES string of the molecule is Cc1cccc2c1nc(N)n2CCCNS(C)(=O)=O. The molecular weight excluding hydrogens is 264 g/mol. The van der Waals surface area contributed by atoms with Crippen LogP contribution in [0.5, 0.6) is 0 Å². The lowest BCUT2D eigenvalue weighted by molar-refractivity contribution is 0.578. The Morgan fingerprint density at radius 3 is 2.84 bits per heavy atom. The van der Waals surface area contributed by atoms with Crippen LogP contribution in [0.15, 0.2) is 18.2 Å². The van der Waals surface area contributed by atoms with E-state index in [0.29, 0.717) is 25.5 Å². The van der Waals surface area contributed by atoms with Crippen molar-refractivity contribution in [3.63, 3.8) is 0 Å². The van der Waals surface area contributed by atoms with E-state index in [1.807, 2.05) is 29.7 Å². The molecule has 0 radical (unpaired) electrons. The molecule has 7 heteroatoms. The molecule has 2 rings (SSSR count). The number of hydrogen-bond acceptors (Lipinski definition) is 4. The lowest BCUT2D eigenvalue weighted by Gasteiger charge is -2.07. The zero-order valence-corrected chi connectivity index (χ0v) is 11.9. The van der Waals surface area contributed by atoms with Gasteiger partial charge in [0.2, 0.25) is 16.0 Å². The van der Waals surface area contributed by atoms with Crippen molar-refractivity contribution in [1.29, 1.82) is 0 Å². The molecule has 6 nitrogen and oxygen atoms in total. The molecule has 1 heterocycles. The van der Waals surface area contributed by atoms with E-state index in [2.05, 4.69) is 9.71 Å². The van der Waals surface area contributed by atoms with Crippen LogP contribution in [0.4, 0.5) is 5.95 Å². The first-order valence-electron chi connectivity index (χ1n) is 6.04. The van der Waals surface area contributed by atoms with Gasteiger partial charge in [-0.15, -0.1) is 0 Å². The molecule has 0 aliphatic carbocycles. The zero-order chi connectivity index (χ0) is 14.0. The number of nitrogens with two attached hydrogens (primary N) is 1. The second-order valence-corrected chi connectivity index (χ2v) is 6.42. The highest BCUT2D eigenvalue weighted by molar-refractivity contribution is 7.88. The number of benzene rings is 1. The molecule has 2 aromatic rings. The lowest BCUT2D eigenvalue weighted by atomic mass is 10.2. The Balaban J connectivity index is 2.13. The first-order chi connectivity index (χ1) is 8.88. The molecule has 0 bridgehead atoms. The summed E-state index contributed by atoms with van der Waals surface area (Å²) >= 11 is 0. The van der Waals surface area contributed by atoms with Gasteiger partial charge in [0.25, 0.3) is 0 Å². The fraction of sp³-hybridized carbons (Fsp3) is 0.417. The van der Waals surface area contributed by atoms with Crippen molar-refractivity contribution in [3.05, 3.63) is 23.8 Å². The largest absolute Gasteiger partial charge is 0.369 e. The summed E-state index contributed by atoms with van der Waals surface area (Å²) in [6, 6.07) is 5.92. The monoisotopic (exact) mass is 282 g/mol. The van der Waals surface area contributed by atoms with Crippen LogP contribution in [0.25, 0.3) is 11.0 Å². The van der Waals surface area contributed by atoms with Gasteiger partial charge in [0.1, 0.15) is 0 Å². The first kappa shape index (κ1) is 13.8. The van der Waals surface area contributed by atoms with Crippen molar-refractivity contribution >= 4 is 27.0 Å². The van der Waals surface area contributed by atoms with Gasteiger partial charge in [0.15, 0.2) is 0 Å². The van der Waals surface area contributed by atoms with Crippen LogP contribution >= 0.6 is 0 Å². The number of hydrogen-bond donors (Lipinski definition) is 2. The Bertz CT molecular complexity index is 691. The summed E-state index contributed by atoms with van der Waals surface area (Å²) in [4.78, 5) is 4.34. The van der Waals surface area contributed by atoms with E-state index >= 15 is 0 Å². The van der Waals surface area contributed by atoms with Crippen molar-refractivity contribution < 1.29 is 8.42 Å². The van der Waals surface area contributed by atoms with E-state index in [9.17, 15) is 8.42 Å². The standard InChI is InChI=1S/C12H18N4O2S/c1-9-5-3-6-10-11(9)15-12(13)16(10)8-4-7-14-19(2,17)18/h3,5-6,14H,4,7-8H2,1-2H3,(H2,13,15). The van der Waals surface area contributed by atoms with E-state index < -0.39 is 10.0 Å². The molecule has 0 saturated heterocycles. The number of rotatable bonds is 5. The van der Waals surface area contributed by atoms with Crippen LogP contribution in [0.2, 0.25) is 0 Å². The third kappa shape index (κ3) is 3.24. The van der Waals surface area contributed by atoms with Crippen molar-refractivity contribution in [3.8, 4) is 0 Å². The first-order valence-corrected chi connectivity index (χ1v) is 7.93. The normalized spacial score (nSPS) is 12.1. The molecular formula is C12H18N4O2S. The maximum atomic E-state index is 11.0. The van der Waals surface area contributed by atoms with Gasteiger partial charge in [-0.25, -0.2) is 18.1 Å². The van der Waals surface area contributed by atoms with Crippen molar-refractivity contribution in [2.24, 2.45) is 0 Å². The number of imidazole rings is 1. The van der Waals surface area contributed by atoms with Gasteiger partial charge in [-0.3, -0.25) is 0 Å². The molecule has 0 aliphatic rings. The highest BCUT2D eigenvalue weighted by Crippen LogP contribution is 2.20. The lowest BCUT2D eigenvalue weighted by Crippen LogP contribution is -2.24. The molecule has 0 amide bonds. The van der Waals surface area contributed by atoms with E-state index in [4.69, 9.17) is 5.73 Å². The predicted octanol–water partition coefficient (Wildman–Crippen LogP) is 0.866. The molecule has 19 heavy (non-hydrogen) atoms. The smallest absolute Gasteiger partial charge is 0.208 e. The van der Waals surface area contributed by atoms with Gasteiger partial charge >= 0.3 is 0 Å². The second kappa shape index (κ2) is 5.18. The van der Waals surface area contributed by atoms with E-state index in [1.165, 1.54) is 0 Å². The van der Waals surface area contributed by atoms with Crippen molar-refractivity contribution in [2.45, 2.75) is 19.9 Å². The third-order valence-electron chi connectivity index (χ3n) is 2.93. The van der Waals surface area contributed by atoms with Gasteiger partial charge in [-0.2, -0.15) is 0 Å². The van der Waals surface area contributed by atoms with Crippen molar-refractivity contribution in [1.82, 2.24) is 14.3 Å². The Kier molecular flexibility index (Phi) is 3.77. The van der Waals surface area contributed by atoms with Gasteiger partial charge in [0.05, 0.1) is 17.3 Å². The van der Waals surface area contributed by atoms with Gasteiger partial charge in [-0.1, -0.05) is 12.1 Å². The molecule has 0 unspecified atom stereocenters. The van der Waals surface area contributed by atoms with E-state index in [1.54, 1.807) is 0 Å². The third-order valence-corrected chi connectivity index (χ3v) is 3.66. The number of aryl methyl sites for hydroxylation is 2. The topological polar surface area (TPSA) is 90.0 Å². The van der Waals surface area contributed by atoms with Crippen LogP contribution < -0.4 is 10.5 Å². The predicted molar refractivity (Wildman–Crippen MR) is 76.3 cm³/mol. The number of nitrogen functional groups attached to an aromatic ring is 1. The highest BCUT2D eigenvalue weighted by Gasteiger charge is 2.09. The minimum absolute atomic E-state index is 0.393. The summed E-state index contributed by atoms with van der Waals surface area (Å²) in [5, 5.41) is 0. The van der Waals surface area contributed by atoms with Crippen molar-refractivity contribution in [2.75, 3.05) is 18.5 Å². The number of fused-ring (bicyclic) bond motifs is 1. The Morgan fingerprint density at radius 1 is 1.42 bits per heavy atom. The molecule has 0 saturated carbocycles. The molecule has 0 fully saturated rings. The molecule has 1 aromatic heterocycles. The molecule has 104 valence electrons. The molecule has 0 atom stereocenters. The summed E-state index contributed by atoms with van der Waals surface area (Å²) in [7, 11) is -3.13. The summed E-state index contributed by atoms with van der Waals surface area (Å²) in [6.45, 7) is 3.02. The quantitative estimate of drug-likeness (QED) is 0.796. The summed E-state index contributed by atoms with van der Waals surface area (Å²) in [5.41, 5.74) is 8.87. The zero-order valence-electron chi connectivity index (χ0n) is 11.0. The van der Waals surface area contributed by atoms with Crippen LogP contribution in [0.1, 0.15) is 12.0 Å². The van der Waals surface area contributed by atoms with Crippen LogP contribution in [0.3, 0.4) is 0 Å². The average molecular weight is 282 g/mol. The molecule has 0 aliphatic heterocycles. The Labute approximate surface area is 112 Å². The molecule has 0 spiro atoms. The Morgan fingerprint density at radius 2 is 2.16 bits per heavy atom. The van der Waals surface area contributed by atoms with E-state index in [-0.39, 0.29) is 0 Å². The van der Waals surface area contributed by atoms with Gasteiger partial charge < -0.3 is 10.3 Å². The number of nitrogens with one attached hydrogen (secondary N) is 1. The average Bonchev–Trinajstić information content (AvgIpc) is 2.62. The van der Waals surface area contributed by atoms with E-state index in [0.717, 1.165) is 22.9 Å². The minimum Gasteiger partial charge on any atom is -0.369 e. The van der Waals surface area contributed by atoms with Crippen LogP contribution in [0, 0.1) is 6.92 Å². The van der Waals surface area contributed by atoms with Gasteiger partial charge in [0, 0.05) is 13.1 Å². The maximum Gasteiger partial charge on any atom is 0.208 e. The van der Waals surface area contributed by atoms with Crippen LogP contribution in [-0.4, -0.2) is 30.8 Å². The molecule has 3 N–H and O–H groups in total. The summed E-state index contributed by atoms with van der Waals surface area (Å²) in [6.07, 6.45) is 1.81. The number of anilines is 1. The number of aromatic nitrogens is 2. The van der Waals surface area contributed by atoms with Gasteiger partial charge in [-0.05, 0) is 25.0 Å². The fourth-order valence-electron chi connectivity index (χ4n) is 2.03. The Hall–Kier alpha value is -1.60. The highest BCUT2D eigenvalue weighted by atomic mass is 32.2. The molecule has 1 aromatic carbocycles. The summed E-state index contributed by atoms with van der Waals surface area (Å²) < 4.78 is 26.3.